The molecule has 0 aromatic heterocycles. The second-order valence-electron chi connectivity index (χ2n) is 16.4. The highest BCUT2D eigenvalue weighted by Gasteiger charge is 2.85. The first kappa shape index (κ1) is 28.6. The Morgan fingerprint density at radius 1 is 0.800 bits per heavy atom. The summed E-state index contributed by atoms with van der Waals surface area (Å²) >= 11 is 0. The lowest BCUT2D eigenvalue weighted by Crippen LogP contribution is -2.63. The van der Waals surface area contributed by atoms with Crippen molar-refractivity contribution < 1.29 is 33.3 Å². The number of carbonyl (C=O) groups is 3. The van der Waals surface area contributed by atoms with Crippen LogP contribution in [-0.2, 0) is 33.3 Å². The average molecular weight is 559 g/mol. The van der Waals surface area contributed by atoms with Gasteiger partial charge in [-0.3, -0.25) is 14.4 Å². The van der Waals surface area contributed by atoms with Crippen molar-refractivity contribution in [1.82, 2.24) is 0 Å². The molecule has 2 aliphatic heterocycles. The molecule has 7 nitrogen and oxygen atoms in total. The average Bonchev–Trinajstić information content (AvgIpc) is 3.70. The van der Waals surface area contributed by atoms with Crippen molar-refractivity contribution in [3.63, 3.8) is 0 Å². The lowest BCUT2D eigenvalue weighted by Gasteiger charge is -2.59. The quantitative estimate of drug-likeness (QED) is 0.304. The summed E-state index contributed by atoms with van der Waals surface area (Å²) in [6.45, 7) is 17.0. The maximum absolute atomic E-state index is 14.9. The monoisotopic (exact) mass is 558 g/mol. The van der Waals surface area contributed by atoms with Crippen LogP contribution in [0.25, 0.3) is 0 Å². The summed E-state index contributed by atoms with van der Waals surface area (Å²) in [5.74, 6) is -0.261. The number of methoxy groups -OCH3 is 1. The molecular formula is C33H50O7. The van der Waals surface area contributed by atoms with E-state index in [2.05, 4.69) is 48.5 Å². The van der Waals surface area contributed by atoms with E-state index in [0.29, 0.717) is 19.3 Å². The molecule has 6 rings (SSSR count). The standard InChI is InChI=1S/C33H50O7/c1-20(34)38-24-11-12-28(6)21(27(24,4)5)10-13-29(7)32(28,39-29)19-23(35)33-22-18-26(2,3)14-16-31(22,25(36)37-9)17-15-30(33,8)40-33/h21-22,24H,10-19H2,1-9H3/t21-,22+,24-,28-,29-,30-,31-,32+,33-/m0/s1. The number of hydrogen-bond acceptors (Lipinski definition) is 7. The summed E-state index contributed by atoms with van der Waals surface area (Å²) in [5.41, 5.74) is -3.61. The van der Waals surface area contributed by atoms with E-state index in [9.17, 15) is 14.4 Å². The molecule has 7 heteroatoms. The van der Waals surface area contributed by atoms with Crippen molar-refractivity contribution in [2.75, 3.05) is 7.11 Å². The number of hydrogen-bond donors (Lipinski definition) is 0. The van der Waals surface area contributed by atoms with Crippen LogP contribution in [0, 0.1) is 33.5 Å². The van der Waals surface area contributed by atoms with Gasteiger partial charge in [0.2, 0.25) is 0 Å². The van der Waals surface area contributed by atoms with Gasteiger partial charge >= 0.3 is 11.9 Å². The van der Waals surface area contributed by atoms with Crippen LogP contribution in [0.2, 0.25) is 0 Å². The van der Waals surface area contributed by atoms with Gasteiger partial charge in [0.1, 0.15) is 17.3 Å². The van der Waals surface area contributed by atoms with Crippen LogP contribution in [0.15, 0.2) is 0 Å². The Hall–Kier alpha value is -1.47. The van der Waals surface area contributed by atoms with Gasteiger partial charge in [-0.1, -0.05) is 34.6 Å². The number of esters is 2. The van der Waals surface area contributed by atoms with Crippen LogP contribution < -0.4 is 0 Å². The van der Waals surface area contributed by atoms with E-state index in [1.165, 1.54) is 14.0 Å². The van der Waals surface area contributed by atoms with Gasteiger partial charge in [0.05, 0.1) is 18.1 Å². The third kappa shape index (κ3) is 3.34. The molecule has 0 bridgehead atoms. The van der Waals surface area contributed by atoms with E-state index in [1.807, 2.05) is 0 Å². The van der Waals surface area contributed by atoms with Crippen molar-refractivity contribution in [2.24, 2.45) is 33.5 Å². The fourth-order valence-electron chi connectivity index (χ4n) is 11.1. The van der Waals surface area contributed by atoms with Gasteiger partial charge in [-0.15, -0.1) is 0 Å². The molecule has 2 saturated heterocycles. The first-order chi connectivity index (χ1) is 18.4. The molecule has 0 unspecified atom stereocenters. The van der Waals surface area contributed by atoms with Gasteiger partial charge in [0.15, 0.2) is 11.4 Å². The number of ether oxygens (including phenoxy) is 4. The third-order valence-electron chi connectivity index (χ3n) is 13.5. The summed E-state index contributed by atoms with van der Waals surface area (Å²) < 4.78 is 24.7. The van der Waals surface area contributed by atoms with E-state index in [4.69, 9.17) is 18.9 Å². The van der Waals surface area contributed by atoms with Gasteiger partial charge in [-0.05, 0) is 83.0 Å². The smallest absolute Gasteiger partial charge is 0.312 e. The minimum Gasteiger partial charge on any atom is -0.469 e. The molecule has 0 radical (unpaired) electrons. The van der Waals surface area contributed by atoms with Gasteiger partial charge in [0, 0.05) is 30.1 Å². The lowest BCUT2D eigenvalue weighted by atomic mass is 9.44. The second-order valence-corrected chi connectivity index (χ2v) is 16.4. The van der Waals surface area contributed by atoms with Gasteiger partial charge in [-0.25, -0.2) is 0 Å². The molecule has 4 aliphatic carbocycles. The first-order valence-corrected chi connectivity index (χ1v) is 15.6. The summed E-state index contributed by atoms with van der Waals surface area (Å²) in [6.07, 6.45) is 7.45. The summed E-state index contributed by atoms with van der Waals surface area (Å²) in [6, 6.07) is 0. The maximum atomic E-state index is 14.9. The van der Waals surface area contributed by atoms with E-state index < -0.39 is 22.2 Å². The maximum Gasteiger partial charge on any atom is 0.312 e. The SMILES string of the molecule is COC(=O)[C@]12CCC(C)(C)C[C@H]1[C@@]1(C(=O)C[C@]34O[C@@]3(C)CC[C@H]3C(C)(C)[C@@H](OC(C)=O)CC[C@@]34C)O[C@@]1(C)CC2. The lowest BCUT2D eigenvalue weighted by molar-refractivity contribution is -0.178. The molecule has 9 atom stereocenters. The van der Waals surface area contributed by atoms with E-state index >= 15 is 0 Å². The molecule has 40 heavy (non-hydrogen) atoms. The Labute approximate surface area is 239 Å². The highest BCUT2D eigenvalue weighted by molar-refractivity contribution is 5.95. The molecule has 0 aromatic carbocycles. The fourth-order valence-corrected chi connectivity index (χ4v) is 11.1. The highest BCUT2D eigenvalue weighted by atomic mass is 16.6. The van der Waals surface area contributed by atoms with Crippen molar-refractivity contribution in [1.29, 1.82) is 0 Å². The molecule has 0 spiro atoms. The zero-order chi connectivity index (χ0) is 29.4. The Balaban J connectivity index is 1.36. The fraction of sp³-hybridized carbons (Fsp3) is 0.909. The molecule has 6 fully saturated rings. The number of fused-ring (bicyclic) bond motifs is 6. The van der Waals surface area contributed by atoms with Crippen molar-refractivity contribution >= 4 is 17.7 Å². The molecule has 2 heterocycles. The molecule has 0 amide bonds. The zero-order valence-corrected chi connectivity index (χ0v) is 26.2. The Morgan fingerprint density at radius 3 is 2.12 bits per heavy atom. The van der Waals surface area contributed by atoms with Crippen LogP contribution in [0.5, 0.6) is 0 Å². The normalized spacial score (nSPS) is 51.2. The summed E-state index contributed by atoms with van der Waals surface area (Å²) in [4.78, 5) is 40.3. The van der Waals surface area contributed by atoms with E-state index in [1.54, 1.807) is 0 Å². The predicted octanol–water partition coefficient (Wildman–Crippen LogP) is 5.95. The largest absolute Gasteiger partial charge is 0.469 e. The van der Waals surface area contributed by atoms with Crippen LogP contribution >= 0.6 is 0 Å². The van der Waals surface area contributed by atoms with E-state index in [0.717, 1.165) is 44.9 Å². The molecular weight excluding hydrogens is 508 g/mol. The van der Waals surface area contributed by atoms with E-state index in [-0.39, 0.29) is 57.5 Å². The third-order valence-corrected chi connectivity index (χ3v) is 13.5. The van der Waals surface area contributed by atoms with Gasteiger partial charge in [0.25, 0.3) is 0 Å². The Morgan fingerprint density at radius 2 is 1.48 bits per heavy atom. The van der Waals surface area contributed by atoms with Crippen LogP contribution in [0.1, 0.15) is 120 Å². The van der Waals surface area contributed by atoms with Gasteiger partial charge in [-0.2, -0.15) is 0 Å². The van der Waals surface area contributed by atoms with Crippen LogP contribution in [-0.4, -0.2) is 53.3 Å². The Bertz CT molecular complexity index is 1160. The molecule has 4 saturated carbocycles. The molecule has 0 N–H and O–H groups in total. The highest BCUT2D eigenvalue weighted by Crippen LogP contribution is 2.77. The number of ketones is 1. The van der Waals surface area contributed by atoms with Crippen molar-refractivity contribution in [3.8, 4) is 0 Å². The van der Waals surface area contributed by atoms with Gasteiger partial charge < -0.3 is 18.9 Å². The number of carbonyl (C=O) groups excluding carboxylic acids is 3. The van der Waals surface area contributed by atoms with Crippen LogP contribution in [0.3, 0.4) is 0 Å². The first-order valence-electron chi connectivity index (χ1n) is 15.6. The molecule has 6 aliphatic rings. The predicted molar refractivity (Wildman–Crippen MR) is 148 cm³/mol. The summed E-state index contributed by atoms with van der Waals surface area (Å²) in [7, 11) is 1.48. The second kappa shape index (κ2) is 8.12. The van der Waals surface area contributed by atoms with Crippen molar-refractivity contribution in [2.45, 2.75) is 148 Å². The van der Waals surface area contributed by atoms with Crippen molar-refractivity contribution in [3.05, 3.63) is 0 Å². The number of rotatable bonds is 5. The number of epoxide rings is 2. The summed E-state index contributed by atoms with van der Waals surface area (Å²) in [5, 5.41) is 0. The molecule has 224 valence electrons. The number of Topliss-reactive ketones (excluding diaryl/α,β-unsaturated/α-hetero) is 1. The topological polar surface area (TPSA) is 94.7 Å². The minimum atomic E-state index is -0.980. The zero-order valence-electron chi connectivity index (χ0n) is 26.2. The Kier molecular flexibility index (Phi) is 5.81. The minimum absolute atomic E-state index is 0.0174. The molecule has 0 aromatic rings. The van der Waals surface area contributed by atoms with Crippen LogP contribution in [0.4, 0.5) is 0 Å².